The van der Waals surface area contributed by atoms with Crippen molar-refractivity contribution in [2.75, 3.05) is 12.4 Å². The predicted octanol–water partition coefficient (Wildman–Crippen LogP) is 0.227. The third kappa shape index (κ3) is 0.655. The second-order valence-corrected chi connectivity index (χ2v) is 2.48. The lowest BCUT2D eigenvalue weighted by molar-refractivity contribution is 0.875. The Morgan fingerprint density at radius 1 is 1.70 bits per heavy atom. The monoisotopic (exact) mass is 155 g/mol. The summed E-state index contributed by atoms with van der Waals surface area (Å²) in [6, 6.07) is 0. The van der Waals surface area contributed by atoms with Crippen LogP contribution in [0.5, 0.6) is 0 Å². The first kappa shape index (κ1) is 5.60. The van der Waals surface area contributed by atoms with Gasteiger partial charge in [0.05, 0.1) is 6.20 Å². The molecule has 2 heterocycles. The number of hydrogen-bond donors (Lipinski definition) is 1. The van der Waals surface area contributed by atoms with E-state index in [1.165, 1.54) is 11.5 Å². The van der Waals surface area contributed by atoms with Crippen molar-refractivity contribution in [3.8, 4) is 0 Å². The van der Waals surface area contributed by atoms with Gasteiger partial charge in [-0.05, 0) is 5.21 Å². The number of nitrogens with one attached hydrogen (secondary N) is 1. The lowest BCUT2D eigenvalue weighted by Crippen LogP contribution is -1.86. The van der Waals surface area contributed by atoms with Gasteiger partial charge >= 0.3 is 0 Å². The Morgan fingerprint density at radius 3 is 3.30 bits per heavy atom. The molecule has 0 aliphatic rings. The van der Waals surface area contributed by atoms with Crippen molar-refractivity contribution in [3.05, 3.63) is 6.20 Å². The number of aromatic nitrogens is 4. The van der Waals surface area contributed by atoms with Crippen molar-refractivity contribution >= 4 is 22.3 Å². The average Bonchev–Trinajstić information content (AvgIpc) is 2.42. The van der Waals surface area contributed by atoms with Gasteiger partial charge in [0, 0.05) is 18.6 Å². The van der Waals surface area contributed by atoms with E-state index in [9.17, 15) is 0 Å². The van der Waals surface area contributed by atoms with Crippen molar-refractivity contribution in [1.29, 1.82) is 0 Å². The highest BCUT2D eigenvalue weighted by Gasteiger charge is 2.00. The molecule has 5 nitrogen and oxygen atoms in total. The van der Waals surface area contributed by atoms with Crippen LogP contribution in [0.15, 0.2) is 6.20 Å². The summed E-state index contributed by atoms with van der Waals surface area (Å²) in [4.78, 5) is 4.95. The smallest absolute Gasteiger partial charge is 0.233 e. The minimum absolute atomic E-state index is 0.810. The minimum Gasteiger partial charge on any atom is -0.372 e. The first-order chi connectivity index (χ1) is 4.90. The van der Waals surface area contributed by atoms with E-state index in [0.717, 1.165) is 10.8 Å². The molecule has 1 N–H and O–H groups in total. The summed E-state index contributed by atoms with van der Waals surface area (Å²) in [5.41, 5.74) is 0. The predicted molar refractivity (Wildman–Crippen MR) is 38.2 cm³/mol. The summed E-state index contributed by atoms with van der Waals surface area (Å²) < 4.78 is 5.34. The summed E-state index contributed by atoms with van der Waals surface area (Å²) in [6.45, 7) is 0. The van der Waals surface area contributed by atoms with Crippen LogP contribution in [0.3, 0.4) is 0 Å². The molecule has 0 fully saturated rings. The molecule has 2 rings (SSSR count). The second kappa shape index (κ2) is 1.91. The molecule has 0 spiro atoms. The Kier molecular flexibility index (Phi) is 1.07. The van der Waals surface area contributed by atoms with E-state index in [1.807, 2.05) is 7.05 Å². The fourth-order valence-electron chi connectivity index (χ4n) is 0.695. The molecule has 0 amide bonds. The SMILES string of the molecule is CNc1cn2nnsc2n1. The maximum Gasteiger partial charge on any atom is 0.233 e. The van der Waals surface area contributed by atoms with Gasteiger partial charge in [0.2, 0.25) is 4.96 Å². The number of fused-ring (bicyclic) bond motifs is 1. The quantitative estimate of drug-likeness (QED) is 0.640. The van der Waals surface area contributed by atoms with Crippen LogP contribution in [0.4, 0.5) is 5.82 Å². The fourth-order valence-corrected chi connectivity index (χ4v) is 1.20. The molecular weight excluding hydrogens is 150 g/mol. The highest BCUT2D eigenvalue weighted by Crippen LogP contribution is 2.08. The summed E-state index contributed by atoms with van der Waals surface area (Å²) in [7, 11) is 1.82. The van der Waals surface area contributed by atoms with E-state index < -0.39 is 0 Å². The molecule has 0 unspecified atom stereocenters. The zero-order valence-electron chi connectivity index (χ0n) is 5.27. The molecule has 0 radical (unpaired) electrons. The third-order valence-corrected chi connectivity index (χ3v) is 1.76. The van der Waals surface area contributed by atoms with E-state index in [0.29, 0.717) is 0 Å². The topological polar surface area (TPSA) is 55.1 Å². The van der Waals surface area contributed by atoms with Crippen molar-refractivity contribution < 1.29 is 0 Å². The zero-order chi connectivity index (χ0) is 6.97. The molecule has 10 heavy (non-hydrogen) atoms. The van der Waals surface area contributed by atoms with Crippen LogP contribution in [0, 0.1) is 0 Å². The molecule has 6 heteroatoms. The summed E-state index contributed by atoms with van der Waals surface area (Å²) in [5.74, 6) is 0.821. The molecule has 2 aromatic heterocycles. The molecule has 52 valence electrons. The Balaban J connectivity index is 2.67. The molecule has 2 aromatic rings. The van der Waals surface area contributed by atoms with E-state index in [-0.39, 0.29) is 0 Å². The number of imidazole rings is 1. The van der Waals surface area contributed by atoms with Crippen LogP contribution < -0.4 is 5.32 Å². The van der Waals surface area contributed by atoms with Crippen molar-refractivity contribution in [3.63, 3.8) is 0 Å². The molecule has 0 aliphatic heterocycles. The van der Waals surface area contributed by atoms with Gasteiger partial charge in [-0.2, -0.15) is 9.50 Å². The van der Waals surface area contributed by atoms with Crippen LogP contribution in [0.25, 0.3) is 4.96 Å². The van der Waals surface area contributed by atoms with Gasteiger partial charge < -0.3 is 5.32 Å². The molecule has 0 saturated heterocycles. The standard InChI is InChI=1S/C4H5N5S/c1-5-3-2-9-4(6-3)10-8-7-9/h2,5H,1H3. The maximum atomic E-state index is 4.14. The normalized spacial score (nSPS) is 10.5. The molecule has 0 aromatic carbocycles. The van der Waals surface area contributed by atoms with Gasteiger partial charge in [-0.3, -0.25) is 0 Å². The Labute approximate surface area is 60.8 Å². The third-order valence-electron chi connectivity index (χ3n) is 1.17. The van der Waals surface area contributed by atoms with Gasteiger partial charge in [0.1, 0.15) is 5.82 Å². The lowest BCUT2D eigenvalue weighted by Gasteiger charge is -1.84. The van der Waals surface area contributed by atoms with Crippen molar-refractivity contribution in [1.82, 2.24) is 19.2 Å². The summed E-state index contributed by atoms with van der Waals surface area (Å²) >= 11 is 1.27. The largest absolute Gasteiger partial charge is 0.372 e. The highest BCUT2D eigenvalue weighted by atomic mass is 32.1. The number of anilines is 1. The van der Waals surface area contributed by atoms with Gasteiger partial charge in [-0.1, -0.05) is 4.49 Å². The maximum absolute atomic E-state index is 4.14. The van der Waals surface area contributed by atoms with E-state index in [2.05, 4.69) is 20.0 Å². The fraction of sp³-hybridized carbons (Fsp3) is 0.250. The van der Waals surface area contributed by atoms with Crippen LogP contribution >= 0.6 is 11.5 Å². The van der Waals surface area contributed by atoms with Gasteiger partial charge in [0.25, 0.3) is 0 Å². The Hall–Kier alpha value is -1.17. The number of nitrogens with zero attached hydrogens (tertiary/aromatic N) is 4. The van der Waals surface area contributed by atoms with E-state index >= 15 is 0 Å². The molecule has 0 bridgehead atoms. The summed E-state index contributed by atoms with van der Waals surface area (Å²) in [5, 5.41) is 6.68. The first-order valence-electron chi connectivity index (χ1n) is 2.75. The first-order valence-corrected chi connectivity index (χ1v) is 3.53. The molecule has 0 saturated carbocycles. The van der Waals surface area contributed by atoms with Gasteiger partial charge in [-0.15, -0.1) is 0 Å². The lowest BCUT2D eigenvalue weighted by atomic mass is 10.8. The summed E-state index contributed by atoms with van der Waals surface area (Å²) in [6.07, 6.45) is 1.79. The van der Waals surface area contributed by atoms with E-state index in [1.54, 1.807) is 10.7 Å². The zero-order valence-corrected chi connectivity index (χ0v) is 6.09. The Morgan fingerprint density at radius 2 is 2.60 bits per heavy atom. The van der Waals surface area contributed by atoms with E-state index in [4.69, 9.17) is 0 Å². The molecule has 0 aliphatic carbocycles. The molecule has 0 atom stereocenters. The Bertz CT molecular complexity index is 307. The van der Waals surface area contributed by atoms with Crippen LogP contribution in [-0.2, 0) is 0 Å². The van der Waals surface area contributed by atoms with Gasteiger partial charge in [-0.25, -0.2) is 0 Å². The average molecular weight is 155 g/mol. The second-order valence-electron chi connectivity index (χ2n) is 1.77. The van der Waals surface area contributed by atoms with Crippen molar-refractivity contribution in [2.45, 2.75) is 0 Å². The van der Waals surface area contributed by atoms with Crippen LogP contribution in [0.1, 0.15) is 0 Å². The number of hydrogen-bond acceptors (Lipinski definition) is 5. The minimum atomic E-state index is 0.810. The van der Waals surface area contributed by atoms with Crippen molar-refractivity contribution in [2.24, 2.45) is 0 Å². The number of rotatable bonds is 1. The van der Waals surface area contributed by atoms with Gasteiger partial charge in [0.15, 0.2) is 0 Å². The van der Waals surface area contributed by atoms with Crippen LogP contribution in [-0.4, -0.2) is 26.2 Å². The molecular formula is C4H5N5S. The highest BCUT2D eigenvalue weighted by molar-refractivity contribution is 7.10. The van der Waals surface area contributed by atoms with Crippen LogP contribution in [0.2, 0.25) is 0 Å².